The first-order valence-electron chi connectivity index (χ1n) is 7.09. The molecule has 1 aromatic rings. The predicted molar refractivity (Wildman–Crippen MR) is 74.4 cm³/mol. The van der Waals surface area contributed by atoms with Crippen molar-refractivity contribution >= 4 is 5.91 Å². The number of fused-ring (bicyclic) bond motifs is 2. The number of benzene rings is 1. The highest BCUT2D eigenvalue weighted by molar-refractivity contribution is 5.85. The van der Waals surface area contributed by atoms with E-state index in [2.05, 4.69) is 4.90 Å². The standard InChI is InChI=1S/C15H20FN3O/c1-10(17)7-18-9-13-6-14(18)15(20)19(13)8-11-2-4-12(16)5-3-11/h2-5,10,13-14H,6-9,17H2,1H3/t10?,13-,14?/m0/s1. The number of nitrogens with two attached hydrogens (primary N) is 1. The van der Waals surface area contributed by atoms with Crippen molar-refractivity contribution < 1.29 is 9.18 Å². The van der Waals surface area contributed by atoms with Crippen molar-refractivity contribution in [2.45, 2.75) is 38.0 Å². The van der Waals surface area contributed by atoms with Crippen LogP contribution in [-0.2, 0) is 11.3 Å². The Kier molecular flexibility index (Phi) is 3.48. The lowest BCUT2D eigenvalue weighted by Crippen LogP contribution is -2.52. The molecule has 0 radical (unpaired) electrons. The van der Waals surface area contributed by atoms with Crippen molar-refractivity contribution in [1.82, 2.24) is 9.80 Å². The van der Waals surface area contributed by atoms with E-state index in [0.717, 1.165) is 25.1 Å². The van der Waals surface area contributed by atoms with Crippen LogP contribution < -0.4 is 5.73 Å². The number of carbonyl (C=O) groups excluding carboxylic acids is 1. The highest BCUT2D eigenvalue weighted by atomic mass is 19.1. The monoisotopic (exact) mass is 277 g/mol. The average Bonchev–Trinajstić information content (AvgIpc) is 2.91. The quantitative estimate of drug-likeness (QED) is 0.892. The molecule has 2 bridgehead atoms. The van der Waals surface area contributed by atoms with Crippen LogP contribution in [0.2, 0.25) is 0 Å². The Balaban J connectivity index is 1.67. The number of hydrogen-bond acceptors (Lipinski definition) is 3. The number of hydrogen-bond donors (Lipinski definition) is 1. The lowest BCUT2D eigenvalue weighted by Gasteiger charge is -2.34. The fourth-order valence-electron chi connectivity index (χ4n) is 3.30. The lowest BCUT2D eigenvalue weighted by atomic mass is 10.2. The highest BCUT2D eigenvalue weighted by Crippen LogP contribution is 2.32. The van der Waals surface area contributed by atoms with E-state index in [1.54, 1.807) is 12.1 Å². The van der Waals surface area contributed by atoms with Crippen molar-refractivity contribution in [3.63, 3.8) is 0 Å². The van der Waals surface area contributed by atoms with Gasteiger partial charge in [-0.1, -0.05) is 12.1 Å². The molecule has 0 aromatic heterocycles. The Hall–Kier alpha value is -1.46. The molecule has 0 saturated carbocycles. The number of piperazine rings is 1. The number of halogens is 1. The number of carbonyl (C=O) groups is 1. The predicted octanol–water partition coefficient (Wildman–Crippen LogP) is 0.958. The smallest absolute Gasteiger partial charge is 0.240 e. The zero-order valence-corrected chi connectivity index (χ0v) is 11.6. The summed E-state index contributed by atoms with van der Waals surface area (Å²) in [5.74, 6) is -0.0580. The van der Waals surface area contributed by atoms with Gasteiger partial charge in [-0.2, -0.15) is 0 Å². The van der Waals surface area contributed by atoms with Gasteiger partial charge in [0.25, 0.3) is 0 Å². The first kappa shape index (κ1) is 13.5. The molecular weight excluding hydrogens is 257 g/mol. The van der Waals surface area contributed by atoms with Crippen LogP contribution in [-0.4, -0.2) is 46.9 Å². The summed E-state index contributed by atoms with van der Waals surface area (Å²) in [6.07, 6.45) is 0.896. The number of nitrogens with zero attached hydrogens (tertiary/aromatic N) is 2. The maximum atomic E-state index is 12.9. The summed E-state index contributed by atoms with van der Waals surface area (Å²) in [5, 5.41) is 0. The van der Waals surface area contributed by atoms with E-state index < -0.39 is 0 Å². The second kappa shape index (κ2) is 5.14. The largest absolute Gasteiger partial charge is 0.333 e. The second-order valence-electron chi connectivity index (χ2n) is 5.93. The van der Waals surface area contributed by atoms with Gasteiger partial charge in [-0.3, -0.25) is 9.69 Å². The first-order chi connectivity index (χ1) is 9.54. The SMILES string of the molecule is CC(N)CN1C[C@@H]2CC1C(=O)N2Cc1ccc(F)cc1. The molecule has 0 spiro atoms. The molecule has 2 N–H and O–H groups in total. The molecule has 4 nitrogen and oxygen atoms in total. The Bertz CT molecular complexity index is 502. The zero-order valence-electron chi connectivity index (χ0n) is 11.6. The van der Waals surface area contributed by atoms with Gasteiger partial charge in [0, 0.05) is 31.7 Å². The molecule has 1 amide bonds. The molecule has 20 heavy (non-hydrogen) atoms. The van der Waals surface area contributed by atoms with Crippen LogP contribution in [0.25, 0.3) is 0 Å². The van der Waals surface area contributed by atoms with Crippen LogP contribution in [0.5, 0.6) is 0 Å². The maximum absolute atomic E-state index is 12.9. The van der Waals surface area contributed by atoms with Crippen LogP contribution in [0.15, 0.2) is 24.3 Å². The van der Waals surface area contributed by atoms with Crippen LogP contribution in [0.1, 0.15) is 18.9 Å². The molecule has 2 aliphatic heterocycles. The Labute approximate surface area is 118 Å². The topological polar surface area (TPSA) is 49.6 Å². The Morgan fingerprint density at radius 3 is 2.70 bits per heavy atom. The van der Waals surface area contributed by atoms with Crippen LogP contribution in [0.4, 0.5) is 4.39 Å². The summed E-state index contributed by atoms with van der Waals surface area (Å²) in [7, 11) is 0. The minimum atomic E-state index is -0.244. The fourth-order valence-corrected chi connectivity index (χ4v) is 3.30. The van der Waals surface area contributed by atoms with Gasteiger partial charge in [-0.15, -0.1) is 0 Å². The normalized spacial score (nSPS) is 27.4. The molecule has 2 saturated heterocycles. The Morgan fingerprint density at radius 1 is 1.40 bits per heavy atom. The van der Waals surface area contributed by atoms with Gasteiger partial charge in [0.2, 0.25) is 5.91 Å². The van der Waals surface area contributed by atoms with Crippen molar-refractivity contribution in [2.75, 3.05) is 13.1 Å². The van der Waals surface area contributed by atoms with Gasteiger partial charge in [0.1, 0.15) is 5.82 Å². The summed E-state index contributed by atoms with van der Waals surface area (Å²) in [6, 6.07) is 6.73. The molecule has 5 heteroatoms. The molecule has 1 aromatic carbocycles. The third kappa shape index (κ3) is 2.43. The third-order valence-electron chi connectivity index (χ3n) is 4.18. The van der Waals surface area contributed by atoms with Gasteiger partial charge < -0.3 is 10.6 Å². The molecular formula is C15H20FN3O. The molecule has 0 aliphatic carbocycles. The maximum Gasteiger partial charge on any atom is 0.240 e. The van der Waals surface area contributed by atoms with Crippen molar-refractivity contribution in [3.05, 3.63) is 35.6 Å². The van der Waals surface area contributed by atoms with Crippen molar-refractivity contribution in [2.24, 2.45) is 5.73 Å². The number of likely N-dealkylation sites (tertiary alicyclic amines) is 2. The Morgan fingerprint density at radius 2 is 2.10 bits per heavy atom. The summed E-state index contributed by atoms with van der Waals surface area (Å²) in [4.78, 5) is 16.5. The first-order valence-corrected chi connectivity index (χ1v) is 7.09. The second-order valence-corrected chi connectivity index (χ2v) is 5.93. The van der Waals surface area contributed by atoms with Gasteiger partial charge in [0.15, 0.2) is 0 Å². The van der Waals surface area contributed by atoms with Crippen LogP contribution >= 0.6 is 0 Å². The van der Waals surface area contributed by atoms with Crippen LogP contribution in [0.3, 0.4) is 0 Å². The van der Waals surface area contributed by atoms with E-state index in [1.165, 1.54) is 12.1 Å². The van der Waals surface area contributed by atoms with Crippen molar-refractivity contribution in [1.29, 1.82) is 0 Å². The highest BCUT2D eigenvalue weighted by Gasteiger charge is 2.49. The molecule has 3 atom stereocenters. The minimum absolute atomic E-state index is 0.00792. The van der Waals surface area contributed by atoms with E-state index >= 15 is 0 Å². The summed E-state index contributed by atoms with van der Waals surface area (Å²) in [5.41, 5.74) is 6.80. The van der Waals surface area contributed by atoms with Gasteiger partial charge in [0.05, 0.1) is 6.04 Å². The summed E-state index contributed by atoms with van der Waals surface area (Å²) < 4.78 is 12.9. The van der Waals surface area contributed by atoms with E-state index in [9.17, 15) is 9.18 Å². The fraction of sp³-hybridized carbons (Fsp3) is 0.533. The van der Waals surface area contributed by atoms with Crippen molar-refractivity contribution in [3.8, 4) is 0 Å². The van der Waals surface area contributed by atoms with Crippen LogP contribution in [0, 0.1) is 5.82 Å². The molecule has 2 heterocycles. The van der Waals surface area contributed by atoms with E-state index in [4.69, 9.17) is 5.73 Å². The van der Waals surface area contributed by atoms with E-state index in [-0.39, 0.29) is 29.8 Å². The molecule has 3 rings (SSSR count). The van der Waals surface area contributed by atoms with Gasteiger partial charge in [-0.05, 0) is 31.0 Å². The summed E-state index contributed by atoms with van der Waals surface area (Å²) in [6.45, 7) is 4.22. The third-order valence-corrected chi connectivity index (χ3v) is 4.18. The molecule has 2 aliphatic rings. The van der Waals surface area contributed by atoms with E-state index in [1.807, 2.05) is 11.8 Å². The molecule has 108 valence electrons. The van der Waals surface area contributed by atoms with Gasteiger partial charge in [-0.25, -0.2) is 4.39 Å². The lowest BCUT2D eigenvalue weighted by molar-refractivity contribution is -0.137. The number of amides is 1. The van der Waals surface area contributed by atoms with E-state index in [0.29, 0.717) is 6.54 Å². The molecule has 2 unspecified atom stereocenters. The van der Waals surface area contributed by atoms with Gasteiger partial charge >= 0.3 is 0 Å². The minimum Gasteiger partial charge on any atom is -0.333 e. The zero-order chi connectivity index (χ0) is 14.3. The average molecular weight is 277 g/mol. The molecule has 2 fully saturated rings. The number of rotatable bonds is 4. The summed E-state index contributed by atoms with van der Waals surface area (Å²) >= 11 is 0.